The Hall–Kier alpha value is -3.22. The van der Waals surface area contributed by atoms with E-state index in [4.69, 9.17) is 9.47 Å². The number of nitrogens with zero attached hydrogens (tertiary/aromatic N) is 1. The molecule has 2 aromatic carbocycles. The van der Waals surface area contributed by atoms with Crippen molar-refractivity contribution in [3.8, 4) is 11.5 Å². The van der Waals surface area contributed by atoms with Crippen LogP contribution in [0.1, 0.15) is 12.0 Å². The second kappa shape index (κ2) is 8.65. The lowest BCUT2D eigenvalue weighted by molar-refractivity contribution is -0.117. The summed E-state index contributed by atoms with van der Waals surface area (Å²) in [6.07, 6.45) is 0.413. The van der Waals surface area contributed by atoms with Crippen molar-refractivity contribution in [1.82, 2.24) is 5.32 Å². The van der Waals surface area contributed by atoms with Gasteiger partial charge in [-0.25, -0.2) is 4.79 Å². The molecule has 1 aliphatic heterocycles. The van der Waals surface area contributed by atoms with E-state index in [1.54, 1.807) is 30.2 Å². The molecule has 3 rings (SSSR count). The summed E-state index contributed by atoms with van der Waals surface area (Å²) in [5.74, 6) is 1.13. The Morgan fingerprint density at radius 2 is 1.89 bits per heavy atom. The number of carbonyl (C=O) groups excluding carboxylic acids is 2. The third-order valence-corrected chi connectivity index (χ3v) is 4.75. The lowest BCUT2D eigenvalue weighted by atomic mass is 10.1. The number of amides is 3. The summed E-state index contributed by atoms with van der Waals surface area (Å²) >= 11 is 0. The summed E-state index contributed by atoms with van der Waals surface area (Å²) in [4.78, 5) is 26.4. The third kappa shape index (κ3) is 4.36. The predicted octanol–water partition coefficient (Wildman–Crippen LogP) is 3.19. The van der Waals surface area contributed by atoms with E-state index < -0.39 is 0 Å². The number of hydrogen-bond acceptors (Lipinski definition) is 4. The fraction of sp³-hybridized carbons (Fsp3) is 0.333. The number of aryl methyl sites for hydroxylation is 1. The maximum atomic E-state index is 12.3. The summed E-state index contributed by atoms with van der Waals surface area (Å²) < 4.78 is 10.5. The number of para-hydroxylation sites is 1. The number of nitrogens with one attached hydrogen (secondary N) is 2. The fourth-order valence-corrected chi connectivity index (χ4v) is 3.28. The van der Waals surface area contributed by atoms with Crippen LogP contribution < -0.4 is 25.0 Å². The highest BCUT2D eigenvalue weighted by molar-refractivity contribution is 5.96. The number of anilines is 2. The molecule has 2 N–H and O–H groups in total. The quantitative estimate of drug-likeness (QED) is 0.803. The maximum Gasteiger partial charge on any atom is 0.319 e. The molecule has 1 saturated heterocycles. The van der Waals surface area contributed by atoms with Crippen LogP contribution in [0.15, 0.2) is 42.5 Å². The second-order valence-electron chi connectivity index (χ2n) is 6.79. The molecular formula is C21H25N3O4. The maximum absolute atomic E-state index is 12.3. The highest BCUT2D eigenvalue weighted by Crippen LogP contribution is 2.34. The van der Waals surface area contributed by atoms with E-state index in [1.807, 2.05) is 31.2 Å². The molecular weight excluding hydrogens is 358 g/mol. The highest BCUT2D eigenvalue weighted by Gasteiger charge is 2.30. The number of ether oxygens (including phenoxy) is 2. The molecule has 1 atom stereocenters. The summed E-state index contributed by atoms with van der Waals surface area (Å²) in [7, 11) is 3.06. The Morgan fingerprint density at radius 1 is 1.14 bits per heavy atom. The zero-order valence-corrected chi connectivity index (χ0v) is 16.3. The van der Waals surface area contributed by atoms with E-state index in [0.29, 0.717) is 36.7 Å². The molecule has 1 unspecified atom stereocenters. The number of benzene rings is 2. The third-order valence-electron chi connectivity index (χ3n) is 4.75. The van der Waals surface area contributed by atoms with E-state index in [1.165, 1.54) is 7.11 Å². The van der Waals surface area contributed by atoms with Gasteiger partial charge in [-0.05, 0) is 31.2 Å². The van der Waals surface area contributed by atoms with Crippen LogP contribution in [0.4, 0.5) is 16.2 Å². The minimum atomic E-state index is -0.354. The summed E-state index contributed by atoms with van der Waals surface area (Å²) in [6.45, 7) is 3.01. The molecule has 1 heterocycles. The van der Waals surface area contributed by atoms with Gasteiger partial charge in [-0.1, -0.05) is 23.8 Å². The molecule has 7 nitrogen and oxygen atoms in total. The van der Waals surface area contributed by atoms with Gasteiger partial charge in [-0.2, -0.15) is 0 Å². The van der Waals surface area contributed by atoms with Gasteiger partial charge in [0, 0.05) is 31.1 Å². The van der Waals surface area contributed by atoms with Crippen LogP contribution in [0.25, 0.3) is 0 Å². The van der Waals surface area contributed by atoms with Gasteiger partial charge < -0.3 is 25.0 Å². The van der Waals surface area contributed by atoms with Crippen molar-refractivity contribution < 1.29 is 19.1 Å². The van der Waals surface area contributed by atoms with Crippen molar-refractivity contribution in [3.05, 3.63) is 48.0 Å². The van der Waals surface area contributed by atoms with Crippen LogP contribution in [0.3, 0.4) is 0 Å². The molecule has 28 heavy (non-hydrogen) atoms. The summed E-state index contributed by atoms with van der Waals surface area (Å²) in [5, 5.41) is 5.61. The SMILES string of the molecule is COc1cccc(NC(=O)NCC2CC(=O)N(c3ccc(C)cc3)C2)c1OC. The van der Waals surface area contributed by atoms with E-state index in [0.717, 1.165) is 11.3 Å². The van der Waals surface area contributed by atoms with Crippen molar-refractivity contribution in [1.29, 1.82) is 0 Å². The molecule has 148 valence electrons. The summed E-state index contributed by atoms with van der Waals surface area (Å²) in [5.41, 5.74) is 2.56. The monoisotopic (exact) mass is 383 g/mol. The lowest BCUT2D eigenvalue weighted by Gasteiger charge is -2.17. The van der Waals surface area contributed by atoms with Gasteiger partial charge in [-0.15, -0.1) is 0 Å². The van der Waals surface area contributed by atoms with Gasteiger partial charge >= 0.3 is 6.03 Å². The van der Waals surface area contributed by atoms with Crippen LogP contribution in [0, 0.1) is 12.8 Å². The Bertz CT molecular complexity index is 851. The van der Waals surface area contributed by atoms with Crippen LogP contribution in [-0.2, 0) is 4.79 Å². The van der Waals surface area contributed by atoms with Crippen molar-refractivity contribution >= 4 is 23.3 Å². The lowest BCUT2D eigenvalue weighted by Crippen LogP contribution is -2.34. The van der Waals surface area contributed by atoms with Crippen molar-refractivity contribution in [2.45, 2.75) is 13.3 Å². The molecule has 3 amide bonds. The van der Waals surface area contributed by atoms with E-state index in [9.17, 15) is 9.59 Å². The molecule has 1 aliphatic rings. The molecule has 0 aliphatic carbocycles. The standard InChI is InChI=1S/C21H25N3O4/c1-14-7-9-16(10-8-14)24-13-15(11-19(24)25)12-22-21(26)23-17-5-4-6-18(27-2)20(17)28-3/h4-10,15H,11-13H2,1-3H3,(H2,22,23,26). The normalized spacial score (nSPS) is 16.0. The van der Waals surface area contributed by atoms with Gasteiger partial charge in [0.1, 0.15) is 0 Å². The van der Waals surface area contributed by atoms with Crippen LogP contribution >= 0.6 is 0 Å². The predicted molar refractivity (Wildman–Crippen MR) is 108 cm³/mol. The average molecular weight is 383 g/mol. The van der Waals surface area contributed by atoms with Gasteiger partial charge in [0.25, 0.3) is 0 Å². The fourth-order valence-electron chi connectivity index (χ4n) is 3.28. The van der Waals surface area contributed by atoms with Gasteiger partial charge in [-0.3, -0.25) is 4.79 Å². The number of rotatable bonds is 6. The smallest absolute Gasteiger partial charge is 0.319 e. The van der Waals surface area contributed by atoms with Crippen molar-refractivity contribution in [2.24, 2.45) is 5.92 Å². The molecule has 2 aromatic rings. The topological polar surface area (TPSA) is 79.9 Å². The Labute approximate surface area is 164 Å². The molecule has 0 radical (unpaired) electrons. The molecule has 0 saturated carbocycles. The van der Waals surface area contributed by atoms with Crippen LogP contribution in [-0.4, -0.2) is 39.2 Å². The zero-order valence-electron chi connectivity index (χ0n) is 16.3. The average Bonchev–Trinajstić information content (AvgIpc) is 3.07. The van der Waals surface area contributed by atoms with Crippen LogP contribution in [0.2, 0.25) is 0 Å². The highest BCUT2D eigenvalue weighted by atomic mass is 16.5. The van der Waals surface area contributed by atoms with Gasteiger partial charge in [0.15, 0.2) is 11.5 Å². The minimum absolute atomic E-state index is 0.0618. The summed E-state index contributed by atoms with van der Waals surface area (Å²) in [6, 6.07) is 12.8. The Morgan fingerprint density at radius 3 is 2.57 bits per heavy atom. The van der Waals surface area contributed by atoms with E-state index in [-0.39, 0.29) is 17.9 Å². The molecule has 0 spiro atoms. The molecule has 7 heteroatoms. The van der Waals surface area contributed by atoms with Crippen molar-refractivity contribution in [2.75, 3.05) is 37.5 Å². The second-order valence-corrected chi connectivity index (χ2v) is 6.79. The number of hydrogen-bond donors (Lipinski definition) is 2. The van der Waals surface area contributed by atoms with Crippen LogP contribution in [0.5, 0.6) is 11.5 Å². The van der Waals surface area contributed by atoms with Gasteiger partial charge in [0.05, 0.1) is 19.9 Å². The molecule has 1 fully saturated rings. The number of carbonyl (C=O) groups is 2. The first-order chi connectivity index (χ1) is 13.5. The van der Waals surface area contributed by atoms with Crippen molar-refractivity contribution in [3.63, 3.8) is 0 Å². The zero-order chi connectivity index (χ0) is 20.1. The number of urea groups is 1. The Kier molecular flexibility index (Phi) is 6.03. The van der Waals surface area contributed by atoms with E-state index in [2.05, 4.69) is 10.6 Å². The molecule has 0 aromatic heterocycles. The largest absolute Gasteiger partial charge is 0.493 e. The minimum Gasteiger partial charge on any atom is -0.493 e. The first-order valence-corrected chi connectivity index (χ1v) is 9.14. The first kappa shape index (κ1) is 19.5. The Balaban J connectivity index is 1.56. The first-order valence-electron chi connectivity index (χ1n) is 9.14. The van der Waals surface area contributed by atoms with E-state index >= 15 is 0 Å². The molecule has 0 bridgehead atoms. The number of methoxy groups -OCH3 is 2. The van der Waals surface area contributed by atoms with Gasteiger partial charge in [0.2, 0.25) is 5.91 Å².